The molecule has 1 aromatic carbocycles. The van der Waals surface area contributed by atoms with Crippen LogP contribution in [0, 0.1) is 5.92 Å². The van der Waals surface area contributed by atoms with Crippen LogP contribution in [-0.4, -0.2) is 45.9 Å². The molecular weight excluding hydrogens is 302 g/mol. The van der Waals surface area contributed by atoms with Gasteiger partial charge < -0.3 is 20.1 Å². The third-order valence-corrected chi connectivity index (χ3v) is 4.63. The van der Waals surface area contributed by atoms with Crippen LogP contribution in [0.15, 0.2) is 29.3 Å². The minimum absolute atomic E-state index is 0.468. The van der Waals surface area contributed by atoms with Crippen LogP contribution in [0.1, 0.15) is 37.2 Å². The van der Waals surface area contributed by atoms with Crippen LogP contribution in [0.25, 0.3) is 0 Å². The Hall–Kier alpha value is -1.75. The summed E-state index contributed by atoms with van der Waals surface area (Å²) in [7, 11) is 1.82. The SMILES string of the molecule is CN=C(NCCCOCC1CC1)NCC1CCOc2ccccc21. The molecule has 132 valence electrons. The molecule has 2 N–H and O–H groups in total. The van der Waals surface area contributed by atoms with Gasteiger partial charge in [0.2, 0.25) is 0 Å². The zero-order valence-electron chi connectivity index (χ0n) is 14.6. The summed E-state index contributed by atoms with van der Waals surface area (Å²) >= 11 is 0. The highest BCUT2D eigenvalue weighted by atomic mass is 16.5. The number of hydrogen-bond donors (Lipinski definition) is 2. The number of ether oxygens (including phenoxy) is 2. The Labute approximate surface area is 144 Å². The summed E-state index contributed by atoms with van der Waals surface area (Å²) in [6.07, 6.45) is 4.75. The molecule has 0 amide bonds. The Bertz CT molecular complexity index is 543. The number of nitrogens with zero attached hydrogens (tertiary/aromatic N) is 1. The third kappa shape index (κ3) is 5.13. The lowest BCUT2D eigenvalue weighted by Crippen LogP contribution is -2.40. The zero-order valence-corrected chi connectivity index (χ0v) is 14.6. The molecule has 0 saturated heterocycles. The monoisotopic (exact) mass is 331 g/mol. The van der Waals surface area contributed by atoms with Crippen molar-refractivity contribution in [2.24, 2.45) is 10.9 Å². The number of fused-ring (bicyclic) bond motifs is 1. The van der Waals surface area contributed by atoms with Gasteiger partial charge in [-0.15, -0.1) is 0 Å². The number of rotatable bonds is 8. The summed E-state index contributed by atoms with van der Waals surface area (Å²) in [6.45, 7) is 4.31. The lowest BCUT2D eigenvalue weighted by Gasteiger charge is -2.26. The van der Waals surface area contributed by atoms with Crippen molar-refractivity contribution in [3.8, 4) is 5.75 Å². The maximum atomic E-state index is 5.72. The van der Waals surface area contributed by atoms with Crippen LogP contribution in [-0.2, 0) is 4.74 Å². The van der Waals surface area contributed by atoms with E-state index in [0.29, 0.717) is 5.92 Å². The van der Waals surface area contributed by atoms with Crippen molar-refractivity contribution in [3.05, 3.63) is 29.8 Å². The molecule has 24 heavy (non-hydrogen) atoms. The van der Waals surface area contributed by atoms with Gasteiger partial charge in [-0.25, -0.2) is 0 Å². The maximum absolute atomic E-state index is 5.72. The normalized spacial score (nSPS) is 20.2. The first-order valence-corrected chi connectivity index (χ1v) is 9.11. The van der Waals surface area contributed by atoms with Gasteiger partial charge in [0.15, 0.2) is 5.96 Å². The van der Waals surface area contributed by atoms with E-state index < -0.39 is 0 Å². The van der Waals surface area contributed by atoms with E-state index in [1.165, 1.54) is 18.4 Å². The van der Waals surface area contributed by atoms with E-state index in [0.717, 1.165) is 63.4 Å². The number of benzene rings is 1. The van der Waals surface area contributed by atoms with Crippen molar-refractivity contribution in [3.63, 3.8) is 0 Å². The first-order valence-electron chi connectivity index (χ1n) is 9.11. The molecule has 1 aliphatic carbocycles. The fraction of sp³-hybridized carbons (Fsp3) is 0.632. The van der Waals surface area contributed by atoms with Gasteiger partial charge in [-0.2, -0.15) is 0 Å². The van der Waals surface area contributed by atoms with Crippen LogP contribution in [0.2, 0.25) is 0 Å². The molecule has 0 aromatic heterocycles. The Balaban J connectivity index is 1.35. The van der Waals surface area contributed by atoms with Gasteiger partial charge in [0, 0.05) is 39.3 Å². The Kier molecular flexibility index (Phi) is 6.35. The summed E-state index contributed by atoms with van der Waals surface area (Å²) in [5, 5.41) is 6.81. The van der Waals surface area contributed by atoms with Crippen LogP contribution in [0.3, 0.4) is 0 Å². The molecule has 1 unspecified atom stereocenters. The molecule has 1 fully saturated rings. The molecule has 5 heteroatoms. The second-order valence-corrected chi connectivity index (χ2v) is 6.62. The predicted molar refractivity (Wildman–Crippen MR) is 96.8 cm³/mol. The minimum atomic E-state index is 0.468. The Morgan fingerprint density at radius 2 is 2.12 bits per heavy atom. The second kappa shape index (κ2) is 8.92. The summed E-state index contributed by atoms with van der Waals surface area (Å²) in [6, 6.07) is 8.32. The van der Waals surface area contributed by atoms with E-state index >= 15 is 0 Å². The van der Waals surface area contributed by atoms with Gasteiger partial charge in [-0.3, -0.25) is 4.99 Å². The molecule has 1 atom stereocenters. The van der Waals surface area contributed by atoms with E-state index in [2.05, 4.69) is 33.8 Å². The number of hydrogen-bond acceptors (Lipinski definition) is 3. The molecule has 0 bridgehead atoms. The smallest absolute Gasteiger partial charge is 0.190 e. The zero-order chi connectivity index (χ0) is 16.6. The molecule has 2 aliphatic rings. The van der Waals surface area contributed by atoms with E-state index in [1.807, 2.05) is 13.1 Å². The van der Waals surface area contributed by atoms with Gasteiger partial charge in [0.1, 0.15) is 5.75 Å². The highest BCUT2D eigenvalue weighted by molar-refractivity contribution is 5.79. The van der Waals surface area contributed by atoms with Gasteiger partial charge in [0.05, 0.1) is 6.61 Å². The molecule has 1 aliphatic heterocycles. The molecular formula is C19H29N3O2. The number of nitrogens with one attached hydrogen (secondary N) is 2. The average molecular weight is 331 g/mol. The van der Waals surface area contributed by atoms with Crippen LogP contribution >= 0.6 is 0 Å². The van der Waals surface area contributed by atoms with Crippen molar-refractivity contribution in [2.75, 3.05) is 40.0 Å². The minimum Gasteiger partial charge on any atom is -0.493 e. The van der Waals surface area contributed by atoms with E-state index in [-0.39, 0.29) is 0 Å². The fourth-order valence-electron chi connectivity index (χ4n) is 2.98. The highest BCUT2D eigenvalue weighted by Crippen LogP contribution is 2.32. The Morgan fingerprint density at radius 3 is 2.96 bits per heavy atom. The summed E-state index contributed by atoms with van der Waals surface area (Å²) in [5.41, 5.74) is 1.29. The van der Waals surface area contributed by atoms with E-state index in [9.17, 15) is 0 Å². The van der Waals surface area contributed by atoms with Crippen LogP contribution in [0.4, 0.5) is 0 Å². The maximum Gasteiger partial charge on any atom is 0.190 e. The standard InChI is InChI=1S/C19H29N3O2/c1-20-19(21-10-4-11-23-14-15-7-8-15)22-13-16-9-12-24-18-6-3-2-5-17(16)18/h2-3,5-6,15-16H,4,7-14H2,1H3,(H2,20,21,22). The summed E-state index contributed by atoms with van der Waals surface area (Å²) in [5.74, 6) is 3.19. The van der Waals surface area contributed by atoms with Crippen molar-refractivity contribution in [2.45, 2.75) is 31.6 Å². The third-order valence-electron chi connectivity index (χ3n) is 4.63. The molecule has 1 heterocycles. The molecule has 0 spiro atoms. The van der Waals surface area contributed by atoms with E-state index in [1.54, 1.807) is 0 Å². The first-order chi connectivity index (χ1) is 11.9. The number of guanidine groups is 1. The van der Waals surface area contributed by atoms with Gasteiger partial charge in [-0.05, 0) is 43.2 Å². The molecule has 1 aromatic rings. The van der Waals surface area contributed by atoms with Crippen molar-refractivity contribution >= 4 is 5.96 Å². The molecule has 5 nitrogen and oxygen atoms in total. The summed E-state index contributed by atoms with van der Waals surface area (Å²) in [4.78, 5) is 4.31. The molecule has 0 radical (unpaired) electrons. The number of para-hydroxylation sites is 1. The van der Waals surface area contributed by atoms with Crippen LogP contribution < -0.4 is 15.4 Å². The topological polar surface area (TPSA) is 54.9 Å². The predicted octanol–water partition coefficient (Wildman–Crippen LogP) is 2.53. The highest BCUT2D eigenvalue weighted by Gasteiger charge is 2.21. The average Bonchev–Trinajstić information content (AvgIpc) is 3.45. The van der Waals surface area contributed by atoms with Gasteiger partial charge >= 0.3 is 0 Å². The first kappa shape index (κ1) is 17.1. The van der Waals surface area contributed by atoms with Gasteiger partial charge in [0.25, 0.3) is 0 Å². The molecule has 1 saturated carbocycles. The molecule has 3 rings (SSSR count). The lowest BCUT2D eigenvalue weighted by molar-refractivity contribution is 0.123. The van der Waals surface area contributed by atoms with Crippen molar-refractivity contribution < 1.29 is 9.47 Å². The van der Waals surface area contributed by atoms with Crippen LogP contribution in [0.5, 0.6) is 5.75 Å². The quantitative estimate of drug-likeness (QED) is 0.437. The van der Waals surface area contributed by atoms with Crippen molar-refractivity contribution in [1.82, 2.24) is 10.6 Å². The Morgan fingerprint density at radius 1 is 1.25 bits per heavy atom. The lowest BCUT2D eigenvalue weighted by atomic mass is 9.93. The van der Waals surface area contributed by atoms with E-state index in [4.69, 9.17) is 9.47 Å². The van der Waals surface area contributed by atoms with Gasteiger partial charge in [-0.1, -0.05) is 18.2 Å². The largest absolute Gasteiger partial charge is 0.493 e. The second-order valence-electron chi connectivity index (χ2n) is 6.62. The fourth-order valence-corrected chi connectivity index (χ4v) is 2.98. The number of aliphatic imine (C=N–C) groups is 1. The summed E-state index contributed by atoms with van der Waals surface area (Å²) < 4.78 is 11.4. The van der Waals surface area contributed by atoms with Crippen molar-refractivity contribution in [1.29, 1.82) is 0 Å².